The van der Waals surface area contributed by atoms with Gasteiger partial charge in [0.15, 0.2) is 0 Å². The van der Waals surface area contributed by atoms with E-state index < -0.39 is 0 Å². The predicted molar refractivity (Wildman–Crippen MR) is 79.1 cm³/mol. The number of morpholine rings is 1. The molecule has 1 N–H and O–H groups in total. The lowest BCUT2D eigenvalue weighted by atomic mass is 10.2. The molecule has 0 aromatic carbocycles. The Morgan fingerprint density at radius 2 is 2.05 bits per heavy atom. The van der Waals surface area contributed by atoms with Crippen LogP contribution in [0.15, 0.2) is 6.07 Å². The van der Waals surface area contributed by atoms with E-state index in [1.54, 1.807) is 0 Å². The van der Waals surface area contributed by atoms with Crippen LogP contribution in [-0.4, -0.2) is 54.8 Å². The van der Waals surface area contributed by atoms with Crippen LogP contribution in [0.5, 0.6) is 0 Å². The van der Waals surface area contributed by atoms with Gasteiger partial charge in [0.1, 0.15) is 0 Å². The fourth-order valence-electron chi connectivity index (χ4n) is 2.51. The quantitative estimate of drug-likeness (QED) is 0.821. The number of aromatic nitrogens is 1. The van der Waals surface area contributed by atoms with Crippen LogP contribution >= 0.6 is 0 Å². The maximum atomic E-state index is 12.1. The molecule has 1 fully saturated rings. The lowest BCUT2D eigenvalue weighted by molar-refractivity contribution is 0.0374. The molecule has 1 amide bonds. The Balaban J connectivity index is 1.73. The molecule has 20 heavy (non-hydrogen) atoms. The standard InChI is InChI=1S/C15H25N3O2/c1-12-11-14(13(2)17(12)3)15(19)16-5-4-6-18-7-9-20-10-8-18/h11H,4-10H2,1-3H3,(H,16,19). The molecule has 5 heteroatoms. The van der Waals surface area contributed by atoms with Crippen LogP contribution in [-0.2, 0) is 11.8 Å². The summed E-state index contributed by atoms with van der Waals surface area (Å²) in [6, 6.07) is 1.95. The molecule has 2 heterocycles. The summed E-state index contributed by atoms with van der Waals surface area (Å²) in [5, 5.41) is 3.01. The van der Waals surface area contributed by atoms with Crippen LogP contribution in [0.3, 0.4) is 0 Å². The first-order chi connectivity index (χ1) is 9.59. The first-order valence-electron chi connectivity index (χ1n) is 7.31. The predicted octanol–water partition coefficient (Wildman–Crippen LogP) is 1.09. The summed E-state index contributed by atoms with van der Waals surface area (Å²) in [5.74, 6) is 0.0353. The summed E-state index contributed by atoms with van der Waals surface area (Å²) in [7, 11) is 1.99. The van der Waals surface area contributed by atoms with Gasteiger partial charge in [-0.25, -0.2) is 0 Å². The van der Waals surface area contributed by atoms with Crippen molar-refractivity contribution in [1.82, 2.24) is 14.8 Å². The smallest absolute Gasteiger partial charge is 0.253 e. The highest BCUT2D eigenvalue weighted by molar-refractivity contribution is 5.95. The Morgan fingerprint density at radius 1 is 1.35 bits per heavy atom. The minimum atomic E-state index is 0.0353. The molecule has 0 radical (unpaired) electrons. The molecule has 1 aliphatic heterocycles. The summed E-state index contributed by atoms with van der Waals surface area (Å²) in [6.07, 6.45) is 0.983. The molecule has 0 saturated carbocycles. The van der Waals surface area contributed by atoms with E-state index in [1.165, 1.54) is 0 Å². The van der Waals surface area contributed by atoms with Gasteiger partial charge in [0.05, 0.1) is 18.8 Å². The second-order valence-electron chi connectivity index (χ2n) is 5.41. The number of amides is 1. The molecular formula is C15H25N3O2. The van der Waals surface area contributed by atoms with E-state index in [9.17, 15) is 4.79 Å². The Morgan fingerprint density at radius 3 is 2.65 bits per heavy atom. The van der Waals surface area contributed by atoms with E-state index >= 15 is 0 Å². The number of carbonyl (C=O) groups excluding carboxylic acids is 1. The number of ether oxygens (including phenoxy) is 1. The number of hydrogen-bond donors (Lipinski definition) is 1. The fraction of sp³-hybridized carbons (Fsp3) is 0.667. The highest BCUT2D eigenvalue weighted by Crippen LogP contribution is 2.12. The first-order valence-corrected chi connectivity index (χ1v) is 7.31. The molecule has 0 spiro atoms. The lowest BCUT2D eigenvalue weighted by Gasteiger charge is -2.26. The summed E-state index contributed by atoms with van der Waals surface area (Å²) in [5.41, 5.74) is 2.92. The molecule has 1 aliphatic rings. The monoisotopic (exact) mass is 279 g/mol. The van der Waals surface area contributed by atoms with Crippen molar-refractivity contribution in [3.05, 3.63) is 23.0 Å². The van der Waals surface area contributed by atoms with Gasteiger partial charge in [0.2, 0.25) is 0 Å². The molecule has 1 aromatic heterocycles. The number of carbonyl (C=O) groups is 1. The Bertz CT molecular complexity index is 462. The van der Waals surface area contributed by atoms with Crippen LogP contribution in [0, 0.1) is 13.8 Å². The lowest BCUT2D eigenvalue weighted by Crippen LogP contribution is -2.38. The Labute approximate surface area is 120 Å². The average Bonchev–Trinajstić information content (AvgIpc) is 2.72. The maximum Gasteiger partial charge on any atom is 0.253 e. The number of nitrogens with one attached hydrogen (secondary N) is 1. The first kappa shape index (κ1) is 15.1. The van der Waals surface area contributed by atoms with Crippen LogP contribution in [0.4, 0.5) is 0 Å². The minimum Gasteiger partial charge on any atom is -0.379 e. The van der Waals surface area contributed by atoms with Gasteiger partial charge in [-0.15, -0.1) is 0 Å². The number of nitrogens with zero attached hydrogens (tertiary/aromatic N) is 2. The molecule has 0 atom stereocenters. The molecule has 5 nitrogen and oxygen atoms in total. The van der Waals surface area contributed by atoms with Crippen LogP contribution < -0.4 is 5.32 Å². The number of rotatable bonds is 5. The van der Waals surface area contributed by atoms with Crippen molar-refractivity contribution in [1.29, 1.82) is 0 Å². The third-order valence-corrected chi connectivity index (χ3v) is 4.06. The number of hydrogen-bond acceptors (Lipinski definition) is 3. The van der Waals surface area contributed by atoms with Crippen molar-refractivity contribution >= 4 is 5.91 Å². The average molecular weight is 279 g/mol. The van der Waals surface area contributed by atoms with Crippen molar-refractivity contribution in [2.45, 2.75) is 20.3 Å². The Hall–Kier alpha value is -1.33. The molecule has 0 unspecified atom stereocenters. The second-order valence-corrected chi connectivity index (χ2v) is 5.41. The molecule has 112 valence electrons. The van der Waals surface area contributed by atoms with Gasteiger partial charge in [-0.3, -0.25) is 9.69 Å². The van der Waals surface area contributed by atoms with E-state index in [0.29, 0.717) is 0 Å². The van der Waals surface area contributed by atoms with Crippen molar-refractivity contribution < 1.29 is 9.53 Å². The van der Waals surface area contributed by atoms with Gasteiger partial charge < -0.3 is 14.6 Å². The van der Waals surface area contributed by atoms with Gasteiger partial charge in [-0.2, -0.15) is 0 Å². The van der Waals surface area contributed by atoms with Crippen molar-refractivity contribution in [2.24, 2.45) is 7.05 Å². The fourth-order valence-corrected chi connectivity index (χ4v) is 2.51. The van der Waals surface area contributed by atoms with Crippen LogP contribution in [0.25, 0.3) is 0 Å². The van der Waals surface area contributed by atoms with E-state index in [4.69, 9.17) is 4.74 Å². The molecule has 1 aromatic rings. The second kappa shape index (κ2) is 6.90. The molecule has 1 saturated heterocycles. The largest absolute Gasteiger partial charge is 0.379 e. The van der Waals surface area contributed by atoms with Gasteiger partial charge in [0, 0.05) is 38.1 Å². The summed E-state index contributed by atoms with van der Waals surface area (Å²) >= 11 is 0. The van der Waals surface area contributed by atoms with Gasteiger partial charge in [-0.05, 0) is 32.9 Å². The zero-order valence-corrected chi connectivity index (χ0v) is 12.7. The third kappa shape index (κ3) is 3.61. The van der Waals surface area contributed by atoms with Crippen molar-refractivity contribution in [3.8, 4) is 0 Å². The maximum absolute atomic E-state index is 12.1. The van der Waals surface area contributed by atoms with Crippen LogP contribution in [0.1, 0.15) is 28.2 Å². The summed E-state index contributed by atoms with van der Waals surface area (Å²) < 4.78 is 7.36. The highest BCUT2D eigenvalue weighted by Gasteiger charge is 2.14. The van der Waals surface area contributed by atoms with Gasteiger partial charge in [-0.1, -0.05) is 0 Å². The van der Waals surface area contributed by atoms with E-state index in [-0.39, 0.29) is 5.91 Å². The van der Waals surface area contributed by atoms with Gasteiger partial charge in [0.25, 0.3) is 5.91 Å². The normalized spacial score (nSPS) is 16.4. The highest BCUT2D eigenvalue weighted by atomic mass is 16.5. The number of aryl methyl sites for hydroxylation is 1. The minimum absolute atomic E-state index is 0.0353. The topological polar surface area (TPSA) is 46.5 Å². The summed E-state index contributed by atoms with van der Waals surface area (Å²) in [6.45, 7) is 9.41. The zero-order valence-electron chi connectivity index (χ0n) is 12.7. The third-order valence-electron chi connectivity index (χ3n) is 4.06. The Kier molecular flexibility index (Phi) is 5.20. The summed E-state index contributed by atoms with van der Waals surface area (Å²) in [4.78, 5) is 14.5. The van der Waals surface area contributed by atoms with Crippen LogP contribution in [0.2, 0.25) is 0 Å². The van der Waals surface area contributed by atoms with Gasteiger partial charge >= 0.3 is 0 Å². The molecular weight excluding hydrogens is 254 g/mol. The van der Waals surface area contributed by atoms with Crippen molar-refractivity contribution in [2.75, 3.05) is 39.4 Å². The van der Waals surface area contributed by atoms with E-state index in [1.807, 2.05) is 31.5 Å². The molecule has 0 bridgehead atoms. The SMILES string of the molecule is Cc1cc(C(=O)NCCCN2CCOCC2)c(C)n1C. The van der Waals surface area contributed by atoms with E-state index in [0.717, 1.165) is 62.8 Å². The molecule has 0 aliphatic carbocycles. The van der Waals surface area contributed by atoms with Crippen molar-refractivity contribution in [3.63, 3.8) is 0 Å². The van der Waals surface area contributed by atoms with E-state index in [2.05, 4.69) is 10.2 Å². The molecule has 2 rings (SSSR count). The zero-order chi connectivity index (χ0) is 14.5.